The molecule has 3 aromatic carbocycles. The van der Waals surface area contributed by atoms with E-state index >= 15 is 0 Å². The highest BCUT2D eigenvalue weighted by Crippen LogP contribution is 2.46. The molecule has 0 radical (unpaired) electrons. The van der Waals surface area contributed by atoms with Gasteiger partial charge >= 0.3 is 24.4 Å². The summed E-state index contributed by atoms with van der Waals surface area (Å²) in [6.45, 7) is 1.09. The molecule has 0 unspecified atom stereocenters. The van der Waals surface area contributed by atoms with Crippen LogP contribution in [0.15, 0.2) is 66.7 Å². The Morgan fingerprint density at radius 2 is 1.45 bits per heavy atom. The van der Waals surface area contributed by atoms with Crippen LogP contribution in [0.2, 0.25) is 0 Å². The molecule has 0 saturated heterocycles. The summed E-state index contributed by atoms with van der Waals surface area (Å²) >= 11 is 0. The van der Waals surface area contributed by atoms with Gasteiger partial charge in [0.05, 0.1) is 17.5 Å². The number of benzene rings is 3. The summed E-state index contributed by atoms with van der Waals surface area (Å²) in [5, 5.41) is 12.0. The second kappa shape index (κ2) is 11.6. The maximum Gasteiger partial charge on any atom is 0.417 e. The highest BCUT2D eigenvalue weighted by Gasteiger charge is 2.46. The maximum absolute atomic E-state index is 14.1. The van der Waals surface area contributed by atoms with E-state index in [-0.39, 0.29) is 29.8 Å². The molecule has 0 fully saturated rings. The number of aliphatic carboxylic acids is 1. The van der Waals surface area contributed by atoms with Crippen molar-refractivity contribution in [3.05, 3.63) is 94.5 Å². The predicted octanol–water partition coefficient (Wildman–Crippen LogP) is 6.75. The summed E-state index contributed by atoms with van der Waals surface area (Å²) in [5.41, 5.74) is -4.75. The fraction of sp³-hybridized carbons (Fsp3) is 0.259. The van der Waals surface area contributed by atoms with E-state index in [9.17, 15) is 41.0 Å². The van der Waals surface area contributed by atoms with Crippen LogP contribution in [0.5, 0.6) is 0 Å². The number of nitrogens with zero attached hydrogens (tertiary/aromatic N) is 1. The van der Waals surface area contributed by atoms with Gasteiger partial charge in [-0.1, -0.05) is 60.7 Å². The first kappa shape index (κ1) is 28.5. The molecular weight excluding hydrogens is 514 g/mol. The number of carboxylic acid groups (broad SMARTS) is 1. The number of rotatable bonds is 8. The van der Waals surface area contributed by atoms with Gasteiger partial charge in [0, 0.05) is 19.6 Å². The fourth-order valence-electron chi connectivity index (χ4n) is 4.13. The Morgan fingerprint density at radius 3 is 1.95 bits per heavy atom. The summed E-state index contributed by atoms with van der Waals surface area (Å²) in [6, 6.07) is 15.9. The Hall–Kier alpha value is -4.02. The van der Waals surface area contributed by atoms with Gasteiger partial charge < -0.3 is 15.3 Å². The molecule has 5 nitrogen and oxygen atoms in total. The van der Waals surface area contributed by atoms with E-state index in [2.05, 4.69) is 5.32 Å². The van der Waals surface area contributed by atoms with Crippen LogP contribution < -0.4 is 5.32 Å². The smallest absolute Gasteiger partial charge is 0.417 e. The minimum absolute atomic E-state index is 0.0102. The summed E-state index contributed by atoms with van der Waals surface area (Å²) in [7, 11) is 0. The quantitative estimate of drug-likeness (QED) is 0.312. The van der Waals surface area contributed by atoms with Crippen molar-refractivity contribution < 1.29 is 41.0 Å². The van der Waals surface area contributed by atoms with E-state index in [0.29, 0.717) is 6.07 Å². The van der Waals surface area contributed by atoms with E-state index in [1.54, 1.807) is 43.3 Å². The molecule has 2 N–H and O–H groups in total. The molecule has 3 rings (SSSR count). The van der Waals surface area contributed by atoms with Crippen molar-refractivity contribution in [3.63, 3.8) is 0 Å². The van der Waals surface area contributed by atoms with Crippen molar-refractivity contribution in [3.8, 4) is 11.1 Å². The van der Waals surface area contributed by atoms with Crippen molar-refractivity contribution in [1.82, 2.24) is 10.2 Å². The molecule has 0 saturated carbocycles. The van der Waals surface area contributed by atoms with Gasteiger partial charge in [0.2, 0.25) is 0 Å². The van der Waals surface area contributed by atoms with Gasteiger partial charge in [0.1, 0.15) is 0 Å². The normalized spacial score (nSPS) is 11.8. The molecule has 0 aliphatic carbocycles. The Bertz CT molecular complexity index is 1280. The minimum atomic E-state index is -5.51. The first-order chi connectivity index (χ1) is 17.8. The van der Waals surface area contributed by atoms with Crippen molar-refractivity contribution in [2.45, 2.75) is 38.8 Å². The topological polar surface area (TPSA) is 69.6 Å². The molecule has 0 atom stereocenters. The van der Waals surface area contributed by atoms with Gasteiger partial charge in [-0.2, -0.15) is 26.3 Å². The van der Waals surface area contributed by atoms with E-state index in [0.717, 1.165) is 10.5 Å². The van der Waals surface area contributed by atoms with Crippen LogP contribution in [-0.4, -0.2) is 28.6 Å². The van der Waals surface area contributed by atoms with Crippen molar-refractivity contribution in [1.29, 1.82) is 0 Å². The molecule has 0 aliphatic rings. The highest BCUT2D eigenvalue weighted by molar-refractivity contribution is 5.79. The Morgan fingerprint density at radius 1 is 0.868 bits per heavy atom. The van der Waals surface area contributed by atoms with Crippen LogP contribution in [0.25, 0.3) is 11.1 Å². The molecule has 3 aromatic rings. The Balaban J connectivity index is 2.21. The van der Waals surface area contributed by atoms with Crippen LogP contribution in [0.4, 0.5) is 31.1 Å². The van der Waals surface area contributed by atoms with Crippen molar-refractivity contribution in [2.24, 2.45) is 0 Å². The summed E-state index contributed by atoms with van der Waals surface area (Å²) < 4.78 is 84.1. The lowest BCUT2D eigenvalue weighted by Crippen LogP contribution is -2.39. The number of urea groups is 1. The zero-order valence-corrected chi connectivity index (χ0v) is 20.2. The number of hydrogen-bond donors (Lipinski definition) is 2. The third kappa shape index (κ3) is 6.84. The lowest BCUT2D eigenvalue weighted by molar-refractivity contribution is -0.162. The average Bonchev–Trinajstić information content (AvgIpc) is 2.85. The third-order valence-electron chi connectivity index (χ3n) is 5.86. The number of alkyl halides is 6. The molecule has 11 heteroatoms. The van der Waals surface area contributed by atoms with E-state index in [4.69, 9.17) is 0 Å². The molecule has 0 spiro atoms. The monoisotopic (exact) mass is 538 g/mol. The van der Waals surface area contributed by atoms with E-state index < -0.39 is 54.0 Å². The van der Waals surface area contributed by atoms with Crippen molar-refractivity contribution >= 4 is 12.0 Å². The number of halogens is 6. The van der Waals surface area contributed by atoms with Crippen molar-refractivity contribution in [2.75, 3.05) is 6.54 Å². The summed E-state index contributed by atoms with van der Waals surface area (Å²) in [6.07, 6.45) is -12.2. The lowest BCUT2D eigenvalue weighted by atomic mass is 9.86. The van der Waals surface area contributed by atoms with E-state index in [1.165, 1.54) is 24.3 Å². The standard InChI is InChI=1S/C27H24F6N2O3/c1-2-35(25(38)34-15-17-9-5-3-6-10-17)16-21-19(18-11-7-4-8-12-18)13-22(26(28,29)30)24(27(31,32)33)20(21)14-23(36)37/h3-13H,2,14-16H2,1H3,(H,34,38)(H,36,37). The van der Waals surface area contributed by atoms with Gasteiger partial charge in [0.15, 0.2) is 0 Å². The van der Waals surface area contributed by atoms with Gasteiger partial charge in [-0.25, -0.2) is 4.79 Å². The maximum atomic E-state index is 14.1. The highest BCUT2D eigenvalue weighted by atomic mass is 19.4. The molecular formula is C27H24F6N2O3. The third-order valence-corrected chi connectivity index (χ3v) is 5.86. The number of carbonyl (C=O) groups excluding carboxylic acids is 1. The first-order valence-electron chi connectivity index (χ1n) is 11.5. The summed E-state index contributed by atoms with van der Waals surface area (Å²) in [5.74, 6) is -1.74. The van der Waals surface area contributed by atoms with Gasteiger partial charge in [-0.15, -0.1) is 0 Å². The lowest BCUT2D eigenvalue weighted by Gasteiger charge is -2.28. The SMILES string of the molecule is CCN(Cc1c(-c2ccccc2)cc(C(F)(F)F)c(C(F)(F)F)c1CC(=O)O)C(=O)NCc1ccccc1. The Kier molecular flexibility index (Phi) is 8.70. The number of hydrogen-bond acceptors (Lipinski definition) is 2. The predicted molar refractivity (Wildman–Crippen MR) is 128 cm³/mol. The van der Waals surface area contributed by atoms with E-state index in [1.807, 2.05) is 0 Å². The van der Waals surface area contributed by atoms with Crippen LogP contribution in [0, 0.1) is 0 Å². The van der Waals surface area contributed by atoms with Crippen LogP contribution >= 0.6 is 0 Å². The molecule has 0 aliphatic heterocycles. The van der Waals surface area contributed by atoms with Crippen LogP contribution in [0.1, 0.15) is 34.7 Å². The minimum Gasteiger partial charge on any atom is -0.481 e. The second-order valence-electron chi connectivity index (χ2n) is 8.39. The molecule has 0 heterocycles. The fourth-order valence-corrected chi connectivity index (χ4v) is 4.13. The number of carbonyl (C=O) groups is 2. The molecule has 0 aromatic heterocycles. The Labute approximate surface area is 214 Å². The zero-order chi connectivity index (χ0) is 28.1. The molecule has 2 amide bonds. The average molecular weight is 538 g/mol. The molecule has 38 heavy (non-hydrogen) atoms. The number of amides is 2. The van der Waals surface area contributed by atoms with Gasteiger partial charge in [-0.3, -0.25) is 4.79 Å². The summed E-state index contributed by atoms with van der Waals surface area (Å²) in [4.78, 5) is 25.7. The first-order valence-corrected chi connectivity index (χ1v) is 11.5. The van der Waals surface area contributed by atoms with Crippen LogP contribution in [0.3, 0.4) is 0 Å². The zero-order valence-electron chi connectivity index (χ0n) is 20.2. The number of carboxylic acids is 1. The molecule has 202 valence electrons. The largest absolute Gasteiger partial charge is 0.481 e. The second-order valence-corrected chi connectivity index (χ2v) is 8.39. The number of nitrogens with one attached hydrogen (secondary N) is 1. The molecule has 0 bridgehead atoms. The van der Waals surface area contributed by atoms with Gasteiger partial charge in [0.25, 0.3) is 0 Å². The van der Waals surface area contributed by atoms with Gasteiger partial charge in [-0.05, 0) is 40.8 Å². The van der Waals surface area contributed by atoms with Crippen LogP contribution in [-0.2, 0) is 36.7 Å².